The van der Waals surface area contributed by atoms with Gasteiger partial charge in [0.05, 0.1) is 13.2 Å². The van der Waals surface area contributed by atoms with E-state index < -0.39 is 0 Å². The quantitative estimate of drug-likeness (QED) is 0.616. The zero-order chi connectivity index (χ0) is 13.1. The molecule has 1 heterocycles. The summed E-state index contributed by atoms with van der Waals surface area (Å²) in [5.74, 6) is 0. The Morgan fingerprint density at radius 1 is 1.33 bits per heavy atom. The van der Waals surface area contributed by atoms with Crippen LogP contribution >= 0.6 is 11.3 Å². The molecule has 1 N–H and O–H groups in total. The zero-order valence-electron chi connectivity index (χ0n) is 11.8. The predicted octanol–water partition coefficient (Wildman–Crippen LogP) is 3.87. The monoisotopic (exact) mass is 269 g/mol. The third kappa shape index (κ3) is 7.85. The van der Waals surface area contributed by atoms with Crippen LogP contribution in [0.1, 0.15) is 44.4 Å². The number of unbranched alkanes of at least 4 members (excludes halogenated alkanes) is 2. The summed E-state index contributed by atoms with van der Waals surface area (Å²) >= 11 is 1.81. The second-order valence-corrected chi connectivity index (χ2v) is 5.82. The van der Waals surface area contributed by atoms with Crippen molar-refractivity contribution in [3.8, 4) is 0 Å². The Kier molecular flexibility index (Phi) is 9.17. The highest BCUT2D eigenvalue weighted by atomic mass is 32.1. The van der Waals surface area contributed by atoms with Crippen LogP contribution in [0.25, 0.3) is 0 Å². The molecular weight excluding hydrogens is 242 g/mol. The Bertz CT molecular complexity index is 274. The summed E-state index contributed by atoms with van der Waals surface area (Å²) in [7, 11) is 0. The summed E-state index contributed by atoms with van der Waals surface area (Å²) < 4.78 is 5.63. The summed E-state index contributed by atoms with van der Waals surface area (Å²) in [6.45, 7) is 7.15. The van der Waals surface area contributed by atoms with Gasteiger partial charge in [-0.2, -0.15) is 0 Å². The van der Waals surface area contributed by atoms with Crippen molar-refractivity contribution in [3.63, 3.8) is 0 Å². The molecule has 2 nitrogen and oxygen atoms in total. The van der Waals surface area contributed by atoms with E-state index in [0.29, 0.717) is 6.04 Å². The summed E-state index contributed by atoms with van der Waals surface area (Å²) in [5.41, 5.74) is 0. The number of hydrogen-bond acceptors (Lipinski definition) is 3. The molecule has 1 aromatic heterocycles. The first-order valence-corrected chi connectivity index (χ1v) is 8.04. The fraction of sp³-hybridized carbons (Fsp3) is 0.733. The van der Waals surface area contributed by atoms with Crippen LogP contribution in [0.4, 0.5) is 0 Å². The largest absolute Gasteiger partial charge is 0.380 e. The second kappa shape index (κ2) is 10.5. The van der Waals surface area contributed by atoms with Crippen molar-refractivity contribution >= 4 is 11.3 Å². The minimum Gasteiger partial charge on any atom is -0.380 e. The van der Waals surface area contributed by atoms with Crippen LogP contribution in [0.2, 0.25) is 0 Å². The molecule has 0 fully saturated rings. The van der Waals surface area contributed by atoms with Gasteiger partial charge in [0.25, 0.3) is 0 Å². The van der Waals surface area contributed by atoms with Crippen LogP contribution < -0.4 is 5.32 Å². The summed E-state index contributed by atoms with van der Waals surface area (Å²) in [5, 5.41) is 5.63. The van der Waals surface area contributed by atoms with Gasteiger partial charge in [-0.25, -0.2) is 0 Å². The molecule has 0 aromatic carbocycles. The molecule has 1 unspecified atom stereocenters. The third-order valence-electron chi connectivity index (χ3n) is 3.05. The maximum atomic E-state index is 5.63. The molecule has 1 atom stereocenters. The van der Waals surface area contributed by atoms with Crippen LogP contribution in [0, 0.1) is 0 Å². The molecule has 0 aliphatic heterocycles. The first kappa shape index (κ1) is 15.7. The topological polar surface area (TPSA) is 21.3 Å². The smallest absolute Gasteiger partial charge is 0.0591 e. The van der Waals surface area contributed by atoms with E-state index >= 15 is 0 Å². The molecule has 0 saturated carbocycles. The van der Waals surface area contributed by atoms with Crippen molar-refractivity contribution in [2.24, 2.45) is 0 Å². The molecule has 1 aromatic rings. The van der Waals surface area contributed by atoms with Gasteiger partial charge < -0.3 is 10.1 Å². The molecule has 0 aliphatic carbocycles. The van der Waals surface area contributed by atoms with E-state index in [2.05, 4.69) is 36.7 Å². The standard InChI is InChI=1S/C15H27NOS/c1-3-4-5-7-14(2)16-10-12-17-11-9-15-8-6-13-18-15/h6,8,13-14,16H,3-5,7,9-12H2,1-2H3. The molecule has 104 valence electrons. The molecule has 0 bridgehead atoms. The number of hydrogen-bond donors (Lipinski definition) is 1. The van der Waals surface area contributed by atoms with Crippen LogP contribution in [0.3, 0.4) is 0 Å². The van der Waals surface area contributed by atoms with Crippen LogP contribution in [0.5, 0.6) is 0 Å². The number of thiophene rings is 1. The normalized spacial score (nSPS) is 12.8. The van der Waals surface area contributed by atoms with Gasteiger partial charge in [-0.3, -0.25) is 0 Å². The van der Waals surface area contributed by atoms with Gasteiger partial charge in [-0.1, -0.05) is 32.3 Å². The molecule has 1 rings (SSSR count). The number of nitrogens with one attached hydrogen (secondary N) is 1. The van der Waals surface area contributed by atoms with Gasteiger partial charge in [0, 0.05) is 23.9 Å². The molecule has 0 saturated heterocycles. The Balaban J connectivity index is 1.86. The third-order valence-corrected chi connectivity index (χ3v) is 3.99. The first-order chi connectivity index (χ1) is 8.83. The number of rotatable bonds is 11. The van der Waals surface area contributed by atoms with Crippen molar-refractivity contribution in [3.05, 3.63) is 22.4 Å². The van der Waals surface area contributed by atoms with E-state index in [0.717, 1.165) is 26.2 Å². The predicted molar refractivity (Wildman–Crippen MR) is 80.4 cm³/mol. The lowest BCUT2D eigenvalue weighted by Crippen LogP contribution is -2.29. The lowest BCUT2D eigenvalue weighted by atomic mass is 10.1. The van der Waals surface area contributed by atoms with Gasteiger partial charge in [0.1, 0.15) is 0 Å². The van der Waals surface area contributed by atoms with Crippen LogP contribution in [-0.2, 0) is 11.2 Å². The molecule has 0 aliphatic rings. The Labute approximate surface area is 116 Å². The Hall–Kier alpha value is -0.380. The average molecular weight is 269 g/mol. The van der Waals surface area contributed by atoms with Crippen molar-refractivity contribution in [1.29, 1.82) is 0 Å². The first-order valence-electron chi connectivity index (χ1n) is 7.16. The van der Waals surface area contributed by atoms with Crippen molar-refractivity contribution in [1.82, 2.24) is 5.32 Å². The molecule has 18 heavy (non-hydrogen) atoms. The summed E-state index contributed by atoms with van der Waals surface area (Å²) in [4.78, 5) is 1.41. The van der Waals surface area contributed by atoms with E-state index in [4.69, 9.17) is 4.74 Å². The summed E-state index contributed by atoms with van der Waals surface area (Å²) in [6.07, 6.45) is 6.32. The molecular formula is C15H27NOS. The van der Waals surface area contributed by atoms with E-state index in [1.54, 1.807) is 0 Å². The minimum absolute atomic E-state index is 0.623. The molecule has 0 spiro atoms. The van der Waals surface area contributed by atoms with Gasteiger partial charge in [-0.15, -0.1) is 11.3 Å². The fourth-order valence-electron chi connectivity index (χ4n) is 1.91. The molecule has 3 heteroatoms. The second-order valence-electron chi connectivity index (χ2n) is 4.79. The Morgan fingerprint density at radius 3 is 2.94 bits per heavy atom. The van der Waals surface area contributed by atoms with E-state index in [9.17, 15) is 0 Å². The van der Waals surface area contributed by atoms with E-state index in [1.165, 1.54) is 30.6 Å². The number of ether oxygens (including phenoxy) is 1. The minimum atomic E-state index is 0.623. The van der Waals surface area contributed by atoms with Crippen LogP contribution in [0.15, 0.2) is 17.5 Å². The van der Waals surface area contributed by atoms with Gasteiger partial charge in [-0.05, 0) is 24.8 Å². The van der Waals surface area contributed by atoms with Crippen LogP contribution in [-0.4, -0.2) is 25.8 Å². The molecule has 0 amide bonds. The lowest BCUT2D eigenvalue weighted by molar-refractivity contribution is 0.137. The van der Waals surface area contributed by atoms with Crippen molar-refractivity contribution < 1.29 is 4.74 Å². The highest BCUT2D eigenvalue weighted by Crippen LogP contribution is 2.08. The highest BCUT2D eigenvalue weighted by molar-refractivity contribution is 7.09. The molecule has 0 radical (unpaired) electrons. The summed E-state index contributed by atoms with van der Waals surface area (Å²) in [6, 6.07) is 4.89. The Morgan fingerprint density at radius 2 is 2.22 bits per heavy atom. The highest BCUT2D eigenvalue weighted by Gasteiger charge is 2.00. The average Bonchev–Trinajstić information content (AvgIpc) is 2.87. The van der Waals surface area contributed by atoms with E-state index in [1.807, 2.05) is 11.3 Å². The zero-order valence-corrected chi connectivity index (χ0v) is 12.6. The van der Waals surface area contributed by atoms with Crippen molar-refractivity contribution in [2.45, 2.75) is 52.0 Å². The SMILES string of the molecule is CCCCCC(C)NCCOCCc1cccs1. The fourth-order valence-corrected chi connectivity index (χ4v) is 2.60. The van der Waals surface area contributed by atoms with Gasteiger partial charge in [0.2, 0.25) is 0 Å². The van der Waals surface area contributed by atoms with Gasteiger partial charge in [0.15, 0.2) is 0 Å². The maximum absolute atomic E-state index is 5.63. The van der Waals surface area contributed by atoms with Crippen molar-refractivity contribution in [2.75, 3.05) is 19.8 Å². The van der Waals surface area contributed by atoms with E-state index in [-0.39, 0.29) is 0 Å². The van der Waals surface area contributed by atoms with Gasteiger partial charge >= 0.3 is 0 Å². The maximum Gasteiger partial charge on any atom is 0.0591 e. The lowest BCUT2D eigenvalue weighted by Gasteiger charge is -2.13.